The molecule has 1 aromatic heterocycles. The lowest BCUT2D eigenvalue weighted by molar-refractivity contribution is 0.0697. The Bertz CT molecular complexity index is 832. The zero-order chi connectivity index (χ0) is 14.3. The molecule has 0 radical (unpaired) electrons. The Kier molecular flexibility index (Phi) is 2.98. The standard InChI is InChI=1S/C13H7BrFN3O2/c14-8-2-4-11(9(15)6-8)18-12-3-1-7(13(19)20)5-10(12)16-17-18/h1-6H,(H,19,20). The van der Waals surface area contributed by atoms with Crippen LogP contribution in [0.2, 0.25) is 0 Å². The van der Waals surface area contributed by atoms with Crippen LogP contribution in [0.4, 0.5) is 4.39 Å². The molecule has 3 rings (SSSR count). The minimum atomic E-state index is -1.05. The molecule has 0 atom stereocenters. The van der Waals surface area contributed by atoms with Crippen LogP contribution in [0.5, 0.6) is 0 Å². The molecule has 2 aromatic carbocycles. The second-order valence-corrected chi connectivity index (χ2v) is 5.02. The van der Waals surface area contributed by atoms with Crippen molar-refractivity contribution in [3.63, 3.8) is 0 Å². The molecule has 5 nitrogen and oxygen atoms in total. The summed E-state index contributed by atoms with van der Waals surface area (Å²) in [7, 11) is 0. The fourth-order valence-electron chi connectivity index (χ4n) is 1.89. The van der Waals surface area contributed by atoms with Crippen LogP contribution in [0.25, 0.3) is 16.7 Å². The molecular weight excluding hydrogens is 329 g/mol. The summed E-state index contributed by atoms with van der Waals surface area (Å²) >= 11 is 3.18. The minimum absolute atomic E-state index is 0.112. The Labute approximate surface area is 120 Å². The SMILES string of the molecule is O=C(O)c1ccc2c(c1)nnn2-c1ccc(Br)cc1F. The van der Waals surface area contributed by atoms with Gasteiger partial charge in [-0.05, 0) is 36.4 Å². The van der Waals surface area contributed by atoms with Gasteiger partial charge in [0.05, 0.1) is 11.1 Å². The number of carboxylic acid groups (broad SMARTS) is 1. The zero-order valence-corrected chi connectivity index (χ0v) is 11.5. The molecule has 0 aliphatic carbocycles. The first-order valence-electron chi connectivity index (χ1n) is 5.60. The number of nitrogens with zero attached hydrogens (tertiary/aromatic N) is 3. The summed E-state index contributed by atoms with van der Waals surface area (Å²) in [6.07, 6.45) is 0. The highest BCUT2D eigenvalue weighted by molar-refractivity contribution is 9.10. The Morgan fingerprint density at radius 2 is 2.05 bits per heavy atom. The van der Waals surface area contributed by atoms with Crippen LogP contribution in [-0.4, -0.2) is 26.1 Å². The molecule has 0 bridgehead atoms. The molecule has 0 aliphatic rings. The highest BCUT2D eigenvalue weighted by Crippen LogP contribution is 2.22. The Morgan fingerprint density at radius 3 is 2.75 bits per heavy atom. The van der Waals surface area contributed by atoms with Gasteiger partial charge in [-0.15, -0.1) is 5.10 Å². The lowest BCUT2D eigenvalue weighted by Gasteiger charge is -2.04. The van der Waals surface area contributed by atoms with Crippen molar-refractivity contribution in [2.75, 3.05) is 0 Å². The van der Waals surface area contributed by atoms with Crippen LogP contribution >= 0.6 is 15.9 Å². The fourth-order valence-corrected chi connectivity index (χ4v) is 2.22. The van der Waals surface area contributed by atoms with E-state index in [1.165, 1.54) is 22.9 Å². The molecule has 0 aliphatic heterocycles. The number of carbonyl (C=O) groups is 1. The molecule has 0 saturated heterocycles. The van der Waals surface area contributed by atoms with Crippen molar-refractivity contribution in [2.24, 2.45) is 0 Å². The van der Waals surface area contributed by atoms with Crippen molar-refractivity contribution in [3.8, 4) is 5.69 Å². The highest BCUT2D eigenvalue weighted by Gasteiger charge is 2.13. The van der Waals surface area contributed by atoms with Crippen LogP contribution in [0, 0.1) is 5.82 Å². The summed E-state index contributed by atoms with van der Waals surface area (Å²) in [5, 5.41) is 16.7. The highest BCUT2D eigenvalue weighted by atomic mass is 79.9. The van der Waals surface area contributed by atoms with Crippen LogP contribution in [-0.2, 0) is 0 Å². The topological polar surface area (TPSA) is 68.0 Å². The number of benzene rings is 2. The summed E-state index contributed by atoms with van der Waals surface area (Å²) in [5.41, 5.74) is 1.29. The monoisotopic (exact) mass is 335 g/mol. The number of rotatable bonds is 2. The molecule has 7 heteroatoms. The first-order valence-corrected chi connectivity index (χ1v) is 6.40. The van der Waals surface area contributed by atoms with Crippen molar-refractivity contribution in [1.29, 1.82) is 0 Å². The number of fused-ring (bicyclic) bond motifs is 1. The third kappa shape index (κ3) is 2.05. The van der Waals surface area contributed by atoms with Crippen LogP contribution in [0.3, 0.4) is 0 Å². The minimum Gasteiger partial charge on any atom is -0.478 e. The lowest BCUT2D eigenvalue weighted by Crippen LogP contribution is -2.00. The number of halogens is 2. The maximum absolute atomic E-state index is 13.9. The maximum atomic E-state index is 13.9. The Morgan fingerprint density at radius 1 is 1.25 bits per heavy atom. The fraction of sp³-hybridized carbons (Fsp3) is 0. The lowest BCUT2D eigenvalue weighted by atomic mass is 10.2. The molecule has 0 unspecified atom stereocenters. The largest absolute Gasteiger partial charge is 0.478 e. The Hall–Kier alpha value is -2.28. The number of hydrogen-bond donors (Lipinski definition) is 1. The molecule has 3 aromatic rings. The number of carboxylic acids is 1. The molecule has 0 spiro atoms. The van der Waals surface area contributed by atoms with E-state index in [4.69, 9.17) is 5.11 Å². The molecule has 1 heterocycles. The van der Waals surface area contributed by atoms with E-state index in [2.05, 4.69) is 26.2 Å². The molecular formula is C13H7BrFN3O2. The van der Waals surface area contributed by atoms with Crippen molar-refractivity contribution >= 4 is 32.9 Å². The van der Waals surface area contributed by atoms with Crippen molar-refractivity contribution in [3.05, 3.63) is 52.3 Å². The van der Waals surface area contributed by atoms with Crippen molar-refractivity contribution in [1.82, 2.24) is 15.0 Å². The van der Waals surface area contributed by atoms with Crippen molar-refractivity contribution < 1.29 is 14.3 Å². The van der Waals surface area contributed by atoms with Gasteiger partial charge in [0.25, 0.3) is 0 Å². The zero-order valence-electron chi connectivity index (χ0n) is 9.92. The summed E-state index contributed by atoms with van der Waals surface area (Å²) in [5.74, 6) is -1.50. The summed E-state index contributed by atoms with van der Waals surface area (Å²) < 4.78 is 15.9. The third-order valence-corrected chi connectivity index (χ3v) is 3.32. The van der Waals surface area contributed by atoms with Gasteiger partial charge in [-0.25, -0.2) is 13.9 Å². The predicted molar refractivity (Wildman–Crippen MR) is 73.5 cm³/mol. The van der Waals surface area contributed by atoms with E-state index in [9.17, 15) is 9.18 Å². The van der Waals surface area contributed by atoms with E-state index >= 15 is 0 Å². The van der Waals surface area contributed by atoms with E-state index < -0.39 is 11.8 Å². The Balaban J connectivity index is 2.20. The number of aromatic nitrogens is 3. The number of aromatic carboxylic acids is 1. The second-order valence-electron chi connectivity index (χ2n) is 4.11. The average Bonchev–Trinajstić information content (AvgIpc) is 2.81. The van der Waals surface area contributed by atoms with Gasteiger partial charge in [-0.3, -0.25) is 0 Å². The second kappa shape index (κ2) is 4.68. The molecule has 0 saturated carbocycles. The van der Waals surface area contributed by atoms with Gasteiger partial charge >= 0.3 is 5.97 Å². The summed E-state index contributed by atoms with van der Waals surface area (Å²) in [6, 6.07) is 8.98. The first-order chi connectivity index (χ1) is 9.56. The molecule has 0 amide bonds. The molecule has 100 valence electrons. The van der Waals surface area contributed by atoms with Crippen LogP contribution in [0.15, 0.2) is 40.9 Å². The van der Waals surface area contributed by atoms with E-state index in [0.29, 0.717) is 15.5 Å². The van der Waals surface area contributed by atoms with Gasteiger partial charge in [-0.2, -0.15) is 0 Å². The van der Waals surface area contributed by atoms with Gasteiger partial charge in [0.2, 0.25) is 0 Å². The molecule has 0 fully saturated rings. The van der Waals surface area contributed by atoms with Gasteiger partial charge in [0.1, 0.15) is 17.0 Å². The molecule has 20 heavy (non-hydrogen) atoms. The summed E-state index contributed by atoms with van der Waals surface area (Å²) in [6.45, 7) is 0. The van der Waals surface area contributed by atoms with Crippen molar-refractivity contribution in [2.45, 2.75) is 0 Å². The van der Waals surface area contributed by atoms with E-state index in [1.54, 1.807) is 18.2 Å². The smallest absolute Gasteiger partial charge is 0.335 e. The molecule has 1 N–H and O–H groups in total. The van der Waals surface area contributed by atoms with Gasteiger partial charge < -0.3 is 5.11 Å². The first kappa shape index (κ1) is 12.7. The van der Waals surface area contributed by atoms with Gasteiger partial charge in [-0.1, -0.05) is 21.1 Å². The van der Waals surface area contributed by atoms with Gasteiger partial charge in [0, 0.05) is 4.47 Å². The summed E-state index contributed by atoms with van der Waals surface area (Å²) in [4.78, 5) is 10.9. The van der Waals surface area contributed by atoms with E-state index in [1.807, 2.05) is 0 Å². The van der Waals surface area contributed by atoms with E-state index in [-0.39, 0.29) is 11.3 Å². The normalized spacial score (nSPS) is 10.9. The quantitative estimate of drug-likeness (QED) is 0.781. The van der Waals surface area contributed by atoms with Crippen LogP contribution < -0.4 is 0 Å². The maximum Gasteiger partial charge on any atom is 0.335 e. The van der Waals surface area contributed by atoms with Crippen LogP contribution in [0.1, 0.15) is 10.4 Å². The average molecular weight is 336 g/mol. The van der Waals surface area contributed by atoms with E-state index in [0.717, 1.165) is 0 Å². The predicted octanol–water partition coefficient (Wildman–Crippen LogP) is 3.02. The third-order valence-electron chi connectivity index (χ3n) is 2.83. The van der Waals surface area contributed by atoms with Gasteiger partial charge in [0.15, 0.2) is 0 Å². The number of hydrogen-bond acceptors (Lipinski definition) is 3.